The standard InChI is InChI=1S/C13H11F3N2OS/c1-3-7-18(12(20)17-9(2)19)11-6-4-5-10(8-11)13(14,15)16/h1,4-6,8H,7H2,2H3,(H,17,19,20). The molecule has 106 valence electrons. The van der Waals surface area contributed by atoms with Crippen molar-refractivity contribution in [2.45, 2.75) is 13.1 Å². The Morgan fingerprint density at radius 3 is 2.65 bits per heavy atom. The lowest BCUT2D eigenvalue weighted by atomic mass is 10.2. The summed E-state index contributed by atoms with van der Waals surface area (Å²) >= 11 is 4.95. The summed E-state index contributed by atoms with van der Waals surface area (Å²) < 4.78 is 38.0. The van der Waals surface area contributed by atoms with Gasteiger partial charge in [-0.25, -0.2) is 0 Å². The largest absolute Gasteiger partial charge is 0.416 e. The number of terminal acetylenes is 1. The number of benzene rings is 1. The number of hydrogen-bond donors (Lipinski definition) is 1. The van der Waals surface area contributed by atoms with Crippen molar-refractivity contribution in [2.24, 2.45) is 0 Å². The van der Waals surface area contributed by atoms with E-state index < -0.39 is 17.6 Å². The maximum absolute atomic E-state index is 12.7. The molecule has 0 atom stereocenters. The van der Waals surface area contributed by atoms with Crippen LogP contribution in [0.5, 0.6) is 0 Å². The van der Waals surface area contributed by atoms with E-state index in [-0.39, 0.29) is 17.3 Å². The second-order valence-electron chi connectivity index (χ2n) is 3.82. The Bertz CT molecular complexity index is 563. The highest BCUT2D eigenvalue weighted by atomic mass is 32.1. The van der Waals surface area contributed by atoms with Crippen LogP contribution in [0.3, 0.4) is 0 Å². The van der Waals surface area contributed by atoms with E-state index in [1.54, 1.807) is 0 Å². The van der Waals surface area contributed by atoms with E-state index in [4.69, 9.17) is 18.6 Å². The number of thiocarbonyl (C=S) groups is 1. The van der Waals surface area contributed by atoms with Crippen LogP contribution in [-0.4, -0.2) is 17.6 Å². The number of carbonyl (C=O) groups is 1. The number of hydrogen-bond acceptors (Lipinski definition) is 2. The third-order valence-electron chi connectivity index (χ3n) is 2.26. The average Bonchev–Trinajstić information content (AvgIpc) is 2.34. The Morgan fingerprint density at radius 1 is 1.50 bits per heavy atom. The number of carbonyl (C=O) groups excluding carboxylic acids is 1. The zero-order valence-corrected chi connectivity index (χ0v) is 11.3. The molecule has 0 heterocycles. The van der Waals surface area contributed by atoms with Crippen LogP contribution < -0.4 is 10.2 Å². The summed E-state index contributed by atoms with van der Waals surface area (Å²) in [4.78, 5) is 12.2. The maximum atomic E-state index is 12.7. The van der Waals surface area contributed by atoms with E-state index in [0.717, 1.165) is 12.1 Å². The molecule has 1 amide bonds. The predicted molar refractivity (Wildman–Crippen MR) is 74.0 cm³/mol. The van der Waals surface area contributed by atoms with Crippen molar-refractivity contribution in [3.05, 3.63) is 29.8 Å². The normalized spacial score (nSPS) is 10.6. The number of alkyl halides is 3. The molecule has 0 unspecified atom stereocenters. The van der Waals surface area contributed by atoms with Crippen LogP contribution in [-0.2, 0) is 11.0 Å². The van der Waals surface area contributed by atoms with E-state index in [1.165, 1.54) is 24.0 Å². The minimum absolute atomic E-state index is 0.0465. The number of halogens is 3. The fraction of sp³-hybridized carbons (Fsp3) is 0.231. The van der Waals surface area contributed by atoms with Gasteiger partial charge in [-0.2, -0.15) is 13.2 Å². The van der Waals surface area contributed by atoms with Crippen molar-refractivity contribution in [2.75, 3.05) is 11.4 Å². The summed E-state index contributed by atoms with van der Waals surface area (Å²) in [6, 6.07) is 4.54. The lowest BCUT2D eigenvalue weighted by Gasteiger charge is -2.23. The van der Waals surface area contributed by atoms with Gasteiger partial charge in [0, 0.05) is 12.6 Å². The van der Waals surface area contributed by atoms with E-state index in [1.807, 2.05) is 0 Å². The summed E-state index contributed by atoms with van der Waals surface area (Å²) in [6.45, 7) is 1.19. The summed E-state index contributed by atoms with van der Waals surface area (Å²) in [6.07, 6.45) is 0.708. The maximum Gasteiger partial charge on any atom is 0.416 e. The van der Waals surface area contributed by atoms with Gasteiger partial charge < -0.3 is 10.2 Å². The molecular formula is C13H11F3N2OS. The lowest BCUT2D eigenvalue weighted by Crippen LogP contribution is -2.42. The van der Waals surface area contributed by atoms with E-state index in [9.17, 15) is 18.0 Å². The highest BCUT2D eigenvalue weighted by Gasteiger charge is 2.31. The zero-order valence-electron chi connectivity index (χ0n) is 10.5. The Labute approximate surface area is 119 Å². The van der Waals surface area contributed by atoms with Gasteiger partial charge in [0.15, 0.2) is 5.11 Å². The molecule has 7 heteroatoms. The number of nitrogens with one attached hydrogen (secondary N) is 1. The molecule has 0 aliphatic carbocycles. The summed E-state index contributed by atoms with van der Waals surface area (Å²) in [7, 11) is 0. The van der Waals surface area contributed by atoms with Gasteiger partial charge in [-0.1, -0.05) is 12.0 Å². The average molecular weight is 300 g/mol. The quantitative estimate of drug-likeness (QED) is 0.673. The van der Waals surface area contributed by atoms with Crippen molar-refractivity contribution >= 4 is 28.9 Å². The summed E-state index contributed by atoms with van der Waals surface area (Å²) in [5, 5.41) is 2.28. The number of nitrogens with zero attached hydrogens (tertiary/aromatic N) is 1. The molecule has 0 saturated heterocycles. The van der Waals surface area contributed by atoms with Crippen molar-refractivity contribution in [3.8, 4) is 12.3 Å². The molecule has 0 saturated carbocycles. The first-order valence-electron chi connectivity index (χ1n) is 5.45. The Hall–Kier alpha value is -2.07. The van der Waals surface area contributed by atoms with Gasteiger partial charge in [-0.15, -0.1) is 6.42 Å². The first kappa shape index (κ1) is 16.0. The lowest BCUT2D eigenvalue weighted by molar-refractivity contribution is -0.137. The smallest absolute Gasteiger partial charge is 0.307 e. The number of amides is 1. The molecule has 1 rings (SSSR count). The van der Waals surface area contributed by atoms with Gasteiger partial charge in [0.2, 0.25) is 5.91 Å². The minimum Gasteiger partial charge on any atom is -0.307 e. The third-order valence-corrected chi connectivity index (χ3v) is 2.59. The summed E-state index contributed by atoms with van der Waals surface area (Å²) in [5.41, 5.74) is -0.654. The highest BCUT2D eigenvalue weighted by Crippen LogP contribution is 2.31. The van der Waals surface area contributed by atoms with Gasteiger partial charge in [-0.3, -0.25) is 4.79 Å². The van der Waals surface area contributed by atoms with E-state index in [2.05, 4.69) is 11.2 Å². The van der Waals surface area contributed by atoms with Crippen molar-refractivity contribution in [3.63, 3.8) is 0 Å². The molecule has 1 aromatic rings. The second-order valence-corrected chi connectivity index (χ2v) is 4.21. The van der Waals surface area contributed by atoms with Crippen LogP contribution in [0.2, 0.25) is 0 Å². The van der Waals surface area contributed by atoms with Crippen LogP contribution >= 0.6 is 12.2 Å². The zero-order chi connectivity index (χ0) is 15.3. The molecule has 0 spiro atoms. The first-order chi connectivity index (χ1) is 9.25. The van der Waals surface area contributed by atoms with Crippen LogP contribution in [0.25, 0.3) is 0 Å². The Balaban J connectivity index is 3.13. The SMILES string of the molecule is C#CCN(C(=S)NC(C)=O)c1cccc(C(F)(F)F)c1. The molecule has 0 aliphatic heterocycles. The van der Waals surface area contributed by atoms with Crippen LogP contribution in [0.4, 0.5) is 18.9 Å². The second kappa shape index (κ2) is 6.39. The van der Waals surface area contributed by atoms with Gasteiger partial charge in [0.1, 0.15) is 0 Å². The summed E-state index contributed by atoms with van der Waals surface area (Å²) in [5.74, 6) is 1.86. The van der Waals surface area contributed by atoms with Gasteiger partial charge in [0.25, 0.3) is 0 Å². The first-order valence-corrected chi connectivity index (χ1v) is 5.86. The monoisotopic (exact) mass is 300 g/mol. The van der Waals surface area contributed by atoms with Gasteiger partial charge in [-0.05, 0) is 30.4 Å². The topological polar surface area (TPSA) is 32.3 Å². The highest BCUT2D eigenvalue weighted by molar-refractivity contribution is 7.80. The van der Waals surface area contributed by atoms with Crippen LogP contribution in [0.1, 0.15) is 12.5 Å². The molecule has 3 nitrogen and oxygen atoms in total. The Kier molecular flexibility index (Phi) is 5.11. The van der Waals surface area contributed by atoms with Crippen molar-refractivity contribution in [1.82, 2.24) is 5.32 Å². The fourth-order valence-corrected chi connectivity index (χ4v) is 1.75. The molecule has 20 heavy (non-hydrogen) atoms. The molecule has 1 N–H and O–H groups in total. The van der Waals surface area contributed by atoms with Crippen molar-refractivity contribution < 1.29 is 18.0 Å². The molecule has 0 radical (unpaired) electrons. The van der Waals surface area contributed by atoms with Crippen molar-refractivity contribution in [1.29, 1.82) is 0 Å². The predicted octanol–water partition coefficient (Wildman–Crippen LogP) is 2.57. The van der Waals surface area contributed by atoms with E-state index in [0.29, 0.717) is 0 Å². The number of rotatable bonds is 2. The Morgan fingerprint density at radius 2 is 2.15 bits per heavy atom. The molecule has 0 bridgehead atoms. The van der Waals surface area contributed by atoms with E-state index >= 15 is 0 Å². The van der Waals surface area contributed by atoms with Gasteiger partial charge >= 0.3 is 6.18 Å². The third kappa shape index (κ3) is 4.24. The molecular weight excluding hydrogens is 289 g/mol. The number of anilines is 1. The minimum atomic E-state index is -4.46. The van der Waals surface area contributed by atoms with Gasteiger partial charge in [0.05, 0.1) is 12.1 Å². The molecule has 1 aromatic carbocycles. The fourth-order valence-electron chi connectivity index (χ4n) is 1.44. The molecule has 0 fully saturated rings. The molecule has 0 aromatic heterocycles. The molecule has 0 aliphatic rings. The van der Waals surface area contributed by atoms with Crippen LogP contribution in [0.15, 0.2) is 24.3 Å². The van der Waals surface area contributed by atoms with Crippen LogP contribution in [0, 0.1) is 12.3 Å².